The SMILES string of the molecule is C=CCNc1nnc(-c2ccncc2Cc2ccc(Br)cc2C)o1. The normalized spacial score (nSPS) is 10.6. The topological polar surface area (TPSA) is 63.8 Å². The second-order valence-electron chi connectivity index (χ2n) is 5.36. The maximum atomic E-state index is 5.68. The zero-order chi connectivity index (χ0) is 16.9. The van der Waals surface area contributed by atoms with Crippen LogP contribution in [0.5, 0.6) is 0 Å². The first-order valence-electron chi connectivity index (χ1n) is 7.54. The van der Waals surface area contributed by atoms with Crippen LogP contribution in [0.15, 0.2) is 58.2 Å². The first-order valence-corrected chi connectivity index (χ1v) is 8.33. The van der Waals surface area contributed by atoms with Crippen molar-refractivity contribution in [2.45, 2.75) is 13.3 Å². The Morgan fingerprint density at radius 1 is 1.25 bits per heavy atom. The summed E-state index contributed by atoms with van der Waals surface area (Å²) < 4.78 is 6.76. The number of hydrogen-bond donors (Lipinski definition) is 1. The summed E-state index contributed by atoms with van der Waals surface area (Å²) in [6.45, 7) is 6.32. The van der Waals surface area contributed by atoms with Gasteiger partial charge in [-0.15, -0.1) is 11.7 Å². The van der Waals surface area contributed by atoms with Crippen LogP contribution in [0.3, 0.4) is 0 Å². The molecular formula is C18H17BrN4O. The van der Waals surface area contributed by atoms with Gasteiger partial charge in [0, 0.05) is 35.4 Å². The maximum absolute atomic E-state index is 5.68. The summed E-state index contributed by atoms with van der Waals surface area (Å²) in [7, 11) is 0. The lowest BCUT2D eigenvalue weighted by atomic mass is 9.98. The highest BCUT2D eigenvalue weighted by Gasteiger charge is 2.13. The number of rotatable bonds is 6. The van der Waals surface area contributed by atoms with Gasteiger partial charge >= 0.3 is 6.01 Å². The highest BCUT2D eigenvalue weighted by Crippen LogP contribution is 2.26. The van der Waals surface area contributed by atoms with E-state index in [1.165, 1.54) is 11.1 Å². The predicted octanol–water partition coefficient (Wildman–Crippen LogP) is 4.39. The Morgan fingerprint density at radius 2 is 2.12 bits per heavy atom. The molecule has 0 atom stereocenters. The van der Waals surface area contributed by atoms with Crippen LogP contribution in [0.25, 0.3) is 11.5 Å². The molecule has 0 saturated carbocycles. The van der Waals surface area contributed by atoms with E-state index in [0.29, 0.717) is 18.5 Å². The molecule has 5 nitrogen and oxygen atoms in total. The van der Waals surface area contributed by atoms with Crippen molar-refractivity contribution in [3.63, 3.8) is 0 Å². The first-order chi connectivity index (χ1) is 11.7. The molecule has 24 heavy (non-hydrogen) atoms. The van der Waals surface area contributed by atoms with Gasteiger partial charge in [0.15, 0.2) is 0 Å². The van der Waals surface area contributed by atoms with Crippen LogP contribution in [-0.4, -0.2) is 21.7 Å². The quantitative estimate of drug-likeness (QED) is 0.638. The summed E-state index contributed by atoms with van der Waals surface area (Å²) in [5.41, 5.74) is 4.39. The molecule has 0 amide bonds. The molecule has 0 unspecified atom stereocenters. The van der Waals surface area contributed by atoms with Crippen LogP contribution in [-0.2, 0) is 6.42 Å². The lowest BCUT2D eigenvalue weighted by Gasteiger charge is -2.09. The van der Waals surface area contributed by atoms with Gasteiger partial charge in [-0.3, -0.25) is 4.98 Å². The van der Waals surface area contributed by atoms with Gasteiger partial charge in [-0.2, -0.15) is 0 Å². The monoisotopic (exact) mass is 384 g/mol. The third-order valence-corrected chi connectivity index (χ3v) is 4.14. The summed E-state index contributed by atoms with van der Waals surface area (Å²) in [6.07, 6.45) is 6.06. The van der Waals surface area contributed by atoms with Crippen molar-refractivity contribution in [3.8, 4) is 11.5 Å². The van der Waals surface area contributed by atoms with E-state index in [0.717, 1.165) is 22.0 Å². The largest absolute Gasteiger partial charge is 0.403 e. The molecule has 3 rings (SSSR count). The predicted molar refractivity (Wildman–Crippen MR) is 97.9 cm³/mol. The minimum atomic E-state index is 0.382. The average molecular weight is 385 g/mol. The number of halogens is 1. The van der Waals surface area contributed by atoms with E-state index in [9.17, 15) is 0 Å². The molecule has 3 aromatic rings. The van der Waals surface area contributed by atoms with E-state index >= 15 is 0 Å². The van der Waals surface area contributed by atoms with Crippen molar-refractivity contribution < 1.29 is 4.42 Å². The van der Waals surface area contributed by atoms with Gasteiger partial charge in [0.1, 0.15) is 0 Å². The fourth-order valence-electron chi connectivity index (χ4n) is 2.40. The zero-order valence-electron chi connectivity index (χ0n) is 13.3. The molecular weight excluding hydrogens is 368 g/mol. The Bertz CT molecular complexity index is 860. The van der Waals surface area contributed by atoms with Gasteiger partial charge in [-0.05, 0) is 41.8 Å². The summed E-state index contributed by atoms with van der Waals surface area (Å²) in [5, 5.41) is 11.1. The minimum Gasteiger partial charge on any atom is -0.403 e. The number of nitrogens with zero attached hydrogens (tertiary/aromatic N) is 3. The standard InChI is InChI=1S/C18H17BrN4O/c1-3-7-21-18-23-22-17(24-18)16-6-8-20-11-14(16)10-13-4-5-15(19)9-12(13)2/h3-6,8-9,11H,1,7,10H2,2H3,(H,21,23). The Morgan fingerprint density at radius 3 is 2.92 bits per heavy atom. The minimum absolute atomic E-state index is 0.382. The molecule has 0 spiro atoms. The van der Waals surface area contributed by atoms with Gasteiger partial charge in [-0.25, -0.2) is 0 Å². The van der Waals surface area contributed by atoms with Crippen LogP contribution >= 0.6 is 15.9 Å². The lowest BCUT2D eigenvalue weighted by molar-refractivity contribution is 0.583. The van der Waals surface area contributed by atoms with E-state index in [1.54, 1.807) is 12.3 Å². The van der Waals surface area contributed by atoms with E-state index in [2.05, 4.69) is 62.1 Å². The molecule has 1 N–H and O–H groups in total. The Hall–Kier alpha value is -2.47. The van der Waals surface area contributed by atoms with Crippen LogP contribution in [0.4, 0.5) is 6.01 Å². The van der Waals surface area contributed by atoms with Gasteiger partial charge in [0.2, 0.25) is 5.89 Å². The molecule has 122 valence electrons. The number of aromatic nitrogens is 3. The second kappa shape index (κ2) is 7.40. The fraction of sp³-hybridized carbons (Fsp3) is 0.167. The first kappa shape index (κ1) is 16.4. The van der Waals surface area contributed by atoms with Crippen molar-refractivity contribution in [1.29, 1.82) is 0 Å². The maximum Gasteiger partial charge on any atom is 0.315 e. The highest BCUT2D eigenvalue weighted by atomic mass is 79.9. The molecule has 0 aliphatic heterocycles. The highest BCUT2D eigenvalue weighted by molar-refractivity contribution is 9.10. The van der Waals surface area contributed by atoms with Crippen molar-refractivity contribution in [2.24, 2.45) is 0 Å². The molecule has 0 radical (unpaired) electrons. The third kappa shape index (κ3) is 3.71. The molecule has 2 heterocycles. The fourth-order valence-corrected chi connectivity index (χ4v) is 2.88. The van der Waals surface area contributed by atoms with Crippen molar-refractivity contribution in [2.75, 3.05) is 11.9 Å². The van der Waals surface area contributed by atoms with Crippen LogP contribution in [0, 0.1) is 6.92 Å². The van der Waals surface area contributed by atoms with E-state index in [-0.39, 0.29) is 0 Å². The van der Waals surface area contributed by atoms with Crippen molar-refractivity contribution >= 4 is 21.9 Å². The second-order valence-corrected chi connectivity index (χ2v) is 6.28. The van der Waals surface area contributed by atoms with E-state index < -0.39 is 0 Å². The summed E-state index contributed by atoms with van der Waals surface area (Å²) in [6, 6.07) is 8.54. The summed E-state index contributed by atoms with van der Waals surface area (Å²) >= 11 is 3.50. The van der Waals surface area contributed by atoms with Gasteiger partial charge in [0.05, 0.1) is 0 Å². The molecule has 1 aromatic carbocycles. The molecule has 0 fully saturated rings. The lowest BCUT2D eigenvalue weighted by Crippen LogP contribution is -1.97. The molecule has 6 heteroatoms. The van der Waals surface area contributed by atoms with E-state index in [1.807, 2.05) is 18.3 Å². The number of pyridine rings is 1. The van der Waals surface area contributed by atoms with Crippen molar-refractivity contribution in [3.05, 3.63) is 70.5 Å². The van der Waals surface area contributed by atoms with E-state index in [4.69, 9.17) is 4.42 Å². The Balaban J connectivity index is 1.90. The molecule has 0 aliphatic carbocycles. The summed E-state index contributed by atoms with van der Waals surface area (Å²) in [5.74, 6) is 0.480. The number of nitrogens with one attached hydrogen (secondary N) is 1. The molecule has 2 aromatic heterocycles. The van der Waals surface area contributed by atoms with Gasteiger partial charge in [-0.1, -0.05) is 33.2 Å². The van der Waals surface area contributed by atoms with Crippen LogP contribution in [0.1, 0.15) is 16.7 Å². The summed E-state index contributed by atoms with van der Waals surface area (Å²) in [4.78, 5) is 4.24. The number of aryl methyl sites for hydroxylation is 1. The Labute approximate surface area is 149 Å². The zero-order valence-corrected chi connectivity index (χ0v) is 14.9. The van der Waals surface area contributed by atoms with Crippen LogP contribution < -0.4 is 5.32 Å². The molecule has 0 aliphatic rings. The molecule has 0 saturated heterocycles. The van der Waals surface area contributed by atoms with Crippen molar-refractivity contribution in [1.82, 2.24) is 15.2 Å². The number of hydrogen-bond acceptors (Lipinski definition) is 5. The average Bonchev–Trinajstić information content (AvgIpc) is 3.05. The van der Waals surface area contributed by atoms with Gasteiger partial charge < -0.3 is 9.73 Å². The molecule has 0 bridgehead atoms. The smallest absolute Gasteiger partial charge is 0.315 e. The number of anilines is 1. The van der Waals surface area contributed by atoms with Crippen LogP contribution in [0.2, 0.25) is 0 Å². The van der Waals surface area contributed by atoms with Gasteiger partial charge in [0.25, 0.3) is 0 Å². The Kier molecular flexibility index (Phi) is 5.05. The number of benzene rings is 1. The third-order valence-electron chi connectivity index (χ3n) is 3.64.